The average molecular weight is 436 g/mol. The van der Waals surface area contributed by atoms with Crippen LogP contribution in [0.25, 0.3) is 5.69 Å². The number of rotatable bonds is 4. The van der Waals surface area contributed by atoms with Gasteiger partial charge in [0.15, 0.2) is 5.78 Å². The summed E-state index contributed by atoms with van der Waals surface area (Å²) in [6, 6.07) is 11.4. The van der Waals surface area contributed by atoms with Gasteiger partial charge in [-0.3, -0.25) is 19.0 Å². The fourth-order valence-electron chi connectivity index (χ4n) is 3.92. The molecule has 0 saturated carbocycles. The standard InChI is InChI=1S/C25H22F2N2O3/c1-14(2)15-6-9-17(10-7-15)29-22-4-3-5-23(30)18(22)13-19(25(29)32)24(31)28-21-11-8-16(26)12-20(21)27/h6-14H,3-5H2,1-2H3,(H,28,31). The van der Waals surface area contributed by atoms with E-state index in [-0.39, 0.29) is 17.0 Å². The quantitative estimate of drug-likeness (QED) is 0.625. The second-order valence-electron chi connectivity index (χ2n) is 8.16. The summed E-state index contributed by atoms with van der Waals surface area (Å²) in [5.74, 6) is -2.46. The molecule has 2 aromatic carbocycles. The van der Waals surface area contributed by atoms with Gasteiger partial charge in [-0.05, 0) is 54.7 Å². The third-order valence-corrected chi connectivity index (χ3v) is 5.66. The highest BCUT2D eigenvalue weighted by atomic mass is 19.1. The maximum atomic E-state index is 14.0. The number of nitrogens with zero attached hydrogens (tertiary/aromatic N) is 1. The topological polar surface area (TPSA) is 68.2 Å². The van der Waals surface area contributed by atoms with E-state index in [1.54, 1.807) is 12.1 Å². The lowest BCUT2D eigenvalue weighted by atomic mass is 9.92. The van der Waals surface area contributed by atoms with E-state index in [4.69, 9.17) is 0 Å². The van der Waals surface area contributed by atoms with Gasteiger partial charge < -0.3 is 5.32 Å². The normalized spacial score (nSPS) is 13.2. The molecule has 0 atom stereocenters. The van der Waals surface area contributed by atoms with Crippen molar-refractivity contribution < 1.29 is 18.4 Å². The third kappa shape index (κ3) is 3.98. The Morgan fingerprint density at radius 2 is 1.72 bits per heavy atom. The second kappa shape index (κ2) is 8.49. The Morgan fingerprint density at radius 1 is 1.00 bits per heavy atom. The molecule has 32 heavy (non-hydrogen) atoms. The number of ketones is 1. The lowest BCUT2D eigenvalue weighted by Crippen LogP contribution is -2.33. The van der Waals surface area contributed by atoms with Crippen molar-refractivity contribution in [1.82, 2.24) is 4.57 Å². The molecular formula is C25H22F2N2O3. The molecule has 1 aromatic heterocycles. The van der Waals surface area contributed by atoms with Gasteiger partial charge in [0.1, 0.15) is 17.2 Å². The predicted molar refractivity (Wildman–Crippen MR) is 118 cm³/mol. The molecule has 7 heteroatoms. The molecule has 0 bridgehead atoms. The van der Waals surface area contributed by atoms with Crippen LogP contribution in [0.2, 0.25) is 0 Å². The molecule has 1 amide bonds. The molecular weight excluding hydrogens is 414 g/mol. The minimum Gasteiger partial charge on any atom is -0.319 e. The molecule has 0 aliphatic heterocycles. The Morgan fingerprint density at radius 3 is 2.38 bits per heavy atom. The summed E-state index contributed by atoms with van der Waals surface area (Å²) in [7, 11) is 0. The summed E-state index contributed by atoms with van der Waals surface area (Å²) < 4.78 is 28.6. The molecule has 4 rings (SSSR count). The molecule has 164 valence electrons. The molecule has 0 unspecified atom stereocenters. The predicted octanol–water partition coefficient (Wildman–Crippen LogP) is 5.01. The first-order valence-corrected chi connectivity index (χ1v) is 10.4. The van der Waals surface area contributed by atoms with Crippen LogP contribution < -0.4 is 10.9 Å². The van der Waals surface area contributed by atoms with Gasteiger partial charge in [0.2, 0.25) is 0 Å². The summed E-state index contributed by atoms with van der Waals surface area (Å²) in [5, 5.41) is 2.31. The Balaban J connectivity index is 1.84. The van der Waals surface area contributed by atoms with Crippen LogP contribution >= 0.6 is 0 Å². The van der Waals surface area contributed by atoms with Gasteiger partial charge in [-0.2, -0.15) is 0 Å². The molecule has 0 fully saturated rings. The molecule has 0 radical (unpaired) electrons. The number of aromatic nitrogens is 1. The highest BCUT2D eigenvalue weighted by Crippen LogP contribution is 2.25. The SMILES string of the molecule is CC(C)c1ccc(-n2c3c(cc(C(=O)Nc4ccc(F)cc4F)c2=O)C(=O)CCC3)cc1. The number of carbonyl (C=O) groups excluding carboxylic acids is 2. The number of hydrogen-bond donors (Lipinski definition) is 1. The average Bonchev–Trinajstić information content (AvgIpc) is 2.75. The van der Waals surface area contributed by atoms with Crippen LogP contribution in [0.1, 0.15) is 64.6 Å². The van der Waals surface area contributed by atoms with E-state index in [2.05, 4.69) is 19.2 Å². The smallest absolute Gasteiger partial charge is 0.268 e. The van der Waals surface area contributed by atoms with Gasteiger partial charge in [0, 0.05) is 29.4 Å². The Hall–Kier alpha value is -3.61. The largest absolute Gasteiger partial charge is 0.319 e. The number of carbonyl (C=O) groups is 2. The number of nitrogens with one attached hydrogen (secondary N) is 1. The molecule has 1 heterocycles. The fraction of sp³-hybridized carbons (Fsp3) is 0.240. The third-order valence-electron chi connectivity index (χ3n) is 5.66. The summed E-state index contributed by atoms with van der Waals surface area (Å²) in [6.07, 6.45) is 1.46. The van der Waals surface area contributed by atoms with Crippen LogP contribution in [0.4, 0.5) is 14.5 Å². The van der Waals surface area contributed by atoms with Crippen molar-refractivity contribution in [3.8, 4) is 5.69 Å². The number of anilines is 1. The number of benzene rings is 2. The molecule has 0 saturated heterocycles. The molecule has 1 N–H and O–H groups in total. The van der Waals surface area contributed by atoms with E-state index in [0.29, 0.717) is 48.2 Å². The molecule has 0 spiro atoms. The highest BCUT2D eigenvalue weighted by molar-refractivity contribution is 6.06. The number of Topliss-reactive ketones (excluding diaryl/α,β-unsaturated/α-hetero) is 1. The van der Waals surface area contributed by atoms with Gasteiger partial charge >= 0.3 is 0 Å². The summed E-state index contributed by atoms with van der Waals surface area (Å²) in [5.41, 5.74) is 1.38. The first kappa shape index (κ1) is 21.6. The number of pyridine rings is 1. The number of halogens is 2. The zero-order chi connectivity index (χ0) is 23.0. The summed E-state index contributed by atoms with van der Waals surface area (Å²) >= 11 is 0. The Bertz CT molecular complexity index is 1280. The van der Waals surface area contributed by atoms with Gasteiger partial charge in [-0.1, -0.05) is 26.0 Å². The first-order chi connectivity index (χ1) is 15.3. The highest BCUT2D eigenvalue weighted by Gasteiger charge is 2.26. The molecule has 5 nitrogen and oxygen atoms in total. The number of fused-ring (bicyclic) bond motifs is 1. The van der Waals surface area contributed by atoms with E-state index in [0.717, 1.165) is 17.7 Å². The zero-order valence-electron chi connectivity index (χ0n) is 17.7. The van der Waals surface area contributed by atoms with Crippen LogP contribution in [-0.2, 0) is 6.42 Å². The molecule has 1 aliphatic rings. The van der Waals surface area contributed by atoms with Crippen molar-refractivity contribution in [3.05, 3.63) is 92.9 Å². The van der Waals surface area contributed by atoms with Crippen LogP contribution in [-0.4, -0.2) is 16.3 Å². The monoisotopic (exact) mass is 436 g/mol. The Kier molecular flexibility index (Phi) is 5.74. The summed E-state index contributed by atoms with van der Waals surface area (Å²) in [4.78, 5) is 38.9. The lowest BCUT2D eigenvalue weighted by Gasteiger charge is -2.22. The van der Waals surface area contributed by atoms with Crippen molar-refractivity contribution in [2.24, 2.45) is 0 Å². The van der Waals surface area contributed by atoms with Crippen LogP contribution in [0.5, 0.6) is 0 Å². The van der Waals surface area contributed by atoms with Gasteiger partial charge in [-0.15, -0.1) is 0 Å². The van der Waals surface area contributed by atoms with Crippen LogP contribution in [0, 0.1) is 11.6 Å². The van der Waals surface area contributed by atoms with Crippen molar-refractivity contribution >= 4 is 17.4 Å². The fourth-order valence-corrected chi connectivity index (χ4v) is 3.92. The maximum Gasteiger partial charge on any atom is 0.268 e. The van der Waals surface area contributed by atoms with Crippen molar-refractivity contribution in [3.63, 3.8) is 0 Å². The minimum absolute atomic E-state index is 0.152. The molecule has 1 aliphatic carbocycles. The van der Waals surface area contributed by atoms with Crippen molar-refractivity contribution in [1.29, 1.82) is 0 Å². The maximum absolute atomic E-state index is 14.0. The van der Waals surface area contributed by atoms with Gasteiger partial charge in [0.05, 0.1) is 5.69 Å². The van der Waals surface area contributed by atoms with E-state index < -0.39 is 23.1 Å². The van der Waals surface area contributed by atoms with E-state index in [9.17, 15) is 23.2 Å². The summed E-state index contributed by atoms with van der Waals surface area (Å²) in [6.45, 7) is 4.11. The second-order valence-corrected chi connectivity index (χ2v) is 8.16. The van der Waals surface area contributed by atoms with Crippen molar-refractivity contribution in [2.75, 3.05) is 5.32 Å². The van der Waals surface area contributed by atoms with Gasteiger partial charge in [-0.25, -0.2) is 8.78 Å². The number of hydrogen-bond acceptors (Lipinski definition) is 3. The lowest BCUT2D eigenvalue weighted by molar-refractivity contribution is 0.0971. The molecule has 3 aromatic rings. The number of amides is 1. The van der Waals surface area contributed by atoms with E-state index >= 15 is 0 Å². The van der Waals surface area contributed by atoms with Crippen LogP contribution in [0.15, 0.2) is 53.3 Å². The Labute approximate surface area is 183 Å². The van der Waals surface area contributed by atoms with E-state index in [1.807, 2.05) is 12.1 Å². The van der Waals surface area contributed by atoms with Gasteiger partial charge in [0.25, 0.3) is 11.5 Å². The minimum atomic E-state index is -0.961. The first-order valence-electron chi connectivity index (χ1n) is 10.4. The van der Waals surface area contributed by atoms with Crippen LogP contribution in [0.3, 0.4) is 0 Å². The van der Waals surface area contributed by atoms with E-state index in [1.165, 1.54) is 10.6 Å². The zero-order valence-corrected chi connectivity index (χ0v) is 17.7. The van der Waals surface area contributed by atoms with Crippen molar-refractivity contribution in [2.45, 2.75) is 39.0 Å².